The summed E-state index contributed by atoms with van der Waals surface area (Å²) in [5, 5.41) is 19.6. The van der Waals surface area contributed by atoms with Crippen molar-refractivity contribution in [1.82, 2.24) is 4.90 Å². The van der Waals surface area contributed by atoms with E-state index in [-0.39, 0.29) is 25.0 Å². The van der Waals surface area contributed by atoms with Crippen molar-refractivity contribution in [2.75, 3.05) is 24.6 Å². The van der Waals surface area contributed by atoms with E-state index in [0.717, 1.165) is 12.8 Å². The molecular weight excluding hydrogens is 472 g/mol. The number of aliphatic hydroxyl groups excluding tert-OH is 1. The number of likely N-dealkylation sites (tertiary alicyclic amines) is 1. The minimum atomic E-state index is -1.18. The summed E-state index contributed by atoms with van der Waals surface area (Å²) in [5.74, 6) is -3.60. The predicted molar refractivity (Wildman–Crippen MR) is 131 cm³/mol. The number of amides is 2. The quantitative estimate of drug-likeness (QED) is 0.354. The number of nitrogens with zero attached hydrogens (tertiary/aromatic N) is 2. The lowest BCUT2D eigenvalue weighted by Gasteiger charge is -2.36. The molecule has 1 spiro atoms. The maximum atomic E-state index is 14.2. The molecule has 3 heterocycles. The van der Waals surface area contributed by atoms with Crippen molar-refractivity contribution < 1.29 is 29.3 Å². The Labute approximate surface area is 210 Å². The number of carbonyl (C=O) groups excluding carboxylic acids is 2. The number of carboxylic acids is 1. The average molecular weight is 505 g/mol. The summed E-state index contributed by atoms with van der Waals surface area (Å²) in [4.78, 5) is 43.4. The highest BCUT2D eigenvalue weighted by Gasteiger charge is 2.78. The fourth-order valence-electron chi connectivity index (χ4n) is 6.29. The van der Waals surface area contributed by atoms with Crippen LogP contribution in [0, 0.1) is 11.8 Å². The van der Waals surface area contributed by atoms with Gasteiger partial charge in [-0.15, -0.1) is 6.58 Å². The highest BCUT2D eigenvalue weighted by atomic mass is 35.5. The third-order valence-corrected chi connectivity index (χ3v) is 8.05. The molecule has 2 bridgehead atoms. The maximum absolute atomic E-state index is 14.2. The minimum Gasteiger partial charge on any atom is -0.481 e. The Hall–Kier alpha value is -2.42. The zero-order valence-electron chi connectivity index (χ0n) is 20.0. The second kappa shape index (κ2) is 9.91. The molecule has 3 aliphatic rings. The molecule has 8 nitrogen and oxygen atoms in total. The summed E-state index contributed by atoms with van der Waals surface area (Å²) in [5.41, 5.74) is -1.55. The maximum Gasteiger partial charge on any atom is 0.310 e. The minimum absolute atomic E-state index is 0.110. The van der Waals surface area contributed by atoms with Crippen LogP contribution in [0.25, 0.3) is 0 Å². The number of anilines is 1. The second-order valence-corrected chi connectivity index (χ2v) is 10.4. The number of fused-ring (bicyclic) bond motifs is 1. The Morgan fingerprint density at radius 1 is 1.23 bits per heavy atom. The number of hydrogen-bond acceptors (Lipinski definition) is 5. The van der Waals surface area contributed by atoms with Gasteiger partial charge in [0.15, 0.2) is 0 Å². The standard InChI is InChI=1S/C26H33ClN2O6/c1-3-14-28(18-10-8-17(27)9-11-18)23(32)21-26-13-12-25(2,35-26)20(24(33)34)19(26)22(31)29(21)15-6-4-5-7-16-30/h3,8-11,19-21,30H,1,4-7,12-16H2,2H3,(H,33,34)/t19-,20-,21?,25+,26?/m0/s1. The normalized spacial score (nSPS) is 31.0. The first-order valence-electron chi connectivity index (χ1n) is 12.2. The van der Waals surface area contributed by atoms with Crippen molar-refractivity contribution >= 4 is 35.1 Å². The fraction of sp³-hybridized carbons (Fsp3) is 0.577. The summed E-state index contributed by atoms with van der Waals surface area (Å²) in [6, 6.07) is 5.94. The Balaban J connectivity index is 1.72. The molecule has 3 saturated heterocycles. The third kappa shape index (κ3) is 4.26. The van der Waals surface area contributed by atoms with E-state index in [1.54, 1.807) is 47.1 Å². The Kier molecular flexibility index (Phi) is 7.27. The number of rotatable bonds is 11. The number of carboxylic acid groups (broad SMARTS) is 1. The van der Waals surface area contributed by atoms with Crippen LogP contribution in [-0.4, -0.2) is 69.8 Å². The van der Waals surface area contributed by atoms with Crippen LogP contribution in [0.15, 0.2) is 36.9 Å². The van der Waals surface area contributed by atoms with Gasteiger partial charge in [0.25, 0.3) is 5.91 Å². The van der Waals surface area contributed by atoms with Crippen LogP contribution in [0.4, 0.5) is 5.69 Å². The van der Waals surface area contributed by atoms with Crippen molar-refractivity contribution in [1.29, 1.82) is 0 Å². The first-order valence-corrected chi connectivity index (χ1v) is 12.6. The van der Waals surface area contributed by atoms with E-state index in [1.165, 1.54) is 0 Å². The van der Waals surface area contributed by atoms with Gasteiger partial charge >= 0.3 is 5.97 Å². The highest BCUT2D eigenvalue weighted by Crippen LogP contribution is 2.63. The number of hydrogen-bond donors (Lipinski definition) is 2. The van der Waals surface area contributed by atoms with Crippen LogP contribution in [-0.2, 0) is 19.1 Å². The number of aliphatic carboxylic acids is 1. The molecule has 3 fully saturated rings. The van der Waals surface area contributed by atoms with E-state index in [2.05, 4.69) is 6.58 Å². The molecule has 0 saturated carbocycles. The number of carbonyl (C=O) groups is 3. The highest BCUT2D eigenvalue weighted by molar-refractivity contribution is 6.30. The molecule has 5 atom stereocenters. The van der Waals surface area contributed by atoms with Crippen molar-refractivity contribution in [3.05, 3.63) is 41.9 Å². The molecule has 0 aromatic heterocycles. The summed E-state index contributed by atoms with van der Waals surface area (Å²) in [6.07, 6.45) is 5.47. The van der Waals surface area contributed by atoms with E-state index in [9.17, 15) is 19.5 Å². The summed E-state index contributed by atoms with van der Waals surface area (Å²) < 4.78 is 6.44. The monoisotopic (exact) mass is 504 g/mol. The number of halogens is 1. The Morgan fingerprint density at radius 2 is 1.91 bits per heavy atom. The summed E-state index contributed by atoms with van der Waals surface area (Å²) in [7, 11) is 0. The largest absolute Gasteiger partial charge is 0.481 e. The molecular formula is C26H33ClN2O6. The SMILES string of the molecule is C=CCN(C(=O)C1N(CCCCCCO)C(=O)[C@@H]2[C@@H](C(=O)O)[C@@]3(C)CCC12O3)c1ccc(Cl)cc1. The molecule has 2 N–H and O–H groups in total. The lowest BCUT2D eigenvalue weighted by atomic mass is 9.66. The van der Waals surface area contributed by atoms with Gasteiger partial charge in [-0.05, 0) is 56.9 Å². The topological polar surface area (TPSA) is 107 Å². The zero-order chi connectivity index (χ0) is 25.4. The molecule has 4 rings (SSSR count). The number of benzene rings is 1. The molecule has 2 unspecified atom stereocenters. The van der Waals surface area contributed by atoms with Gasteiger partial charge in [-0.1, -0.05) is 30.5 Å². The number of aliphatic hydroxyl groups is 1. The van der Waals surface area contributed by atoms with Gasteiger partial charge in [-0.2, -0.15) is 0 Å². The van der Waals surface area contributed by atoms with Crippen LogP contribution in [0.3, 0.4) is 0 Å². The van der Waals surface area contributed by atoms with E-state index in [4.69, 9.17) is 21.4 Å². The smallest absolute Gasteiger partial charge is 0.310 e. The Bertz CT molecular complexity index is 1000. The molecule has 1 aromatic rings. The van der Waals surface area contributed by atoms with Crippen molar-refractivity contribution in [3.8, 4) is 0 Å². The number of ether oxygens (including phenoxy) is 1. The van der Waals surface area contributed by atoms with Crippen molar-refractivity contribution in [2.24, 2.45) is 11.8 Å². The average Bonchev–Trinajstić information content (AvgIpc) is 3.38. The number of unbranched alkanes of at least 4 members (excludes halogenated alkanes) is 3. The van der Waals surface area contributed by atoms with Crippen LogP contribution in [0.5, 0.6) is 0 Å². The van der Waals surface area contributed by atoms with Crippen molar-refractivity contribution in [3.63, 3.8) is 0 Å². The lowest BCUT2D eigenvalue weighted by molar-refractivity contribution is -0.154. The molecule has 3 aliphatic heterocycles. The van der Waals surface area contributed by atoms with Gasteiger partial charge < -0.3 is 24.7 Å². The van der Waals surface area contributed by atoms with Crippen LogP contribution < -0.4 is 4.90 Å². The van der Waals surface area contributed by atoms with Crippen LogP contribution >= 0.6 is 11.6 Å². The summed E-state index contributed by atoms with van der Waals surface area (Å²) in [6.45, 7) is 6.19. The fourth-order valence-corrected chi connectivity index (χ4v) is 6.42. The van der Waals surface area contributed by atoms with Gasteiger partial charge in [0.2, 0.25) is 5.91 Å². The second-order valence-electron chi connectivity index (χ2n) is 9.95. The molecule has 0 aliphatic carbocycles. The first-order chi connectivity index (χ1) is 16.7. The Morgan fingerprint density at radius 3 is 2.54 bits per heavy atom. The zero-order valence-corrected chi connectivity index (χ0v) is 20.7. The van der Waals surface area contributed by atoms with E-state index in [1.807, 2.05) is 0 Å². The van der Waals surface area contributed by atoms with Crippen LogP contribution in [0.1, 0.15) is 45.4 Å². The molecule has 2 amide bonds. The van der Waals surface area contributed by atoms with Gasteiger partial charge in [-0.25, -0.2) is 0 Å². The van der Waals surface area contributed by atoms with E-state index in [0.29, 0.717) is 42.9 Å². The van der Waals surface area contributed by atoms with E-state index >= 15 is 0 Å². The molecule has 9 heteroatoms. The molecule has 1 aromatic carbocycles. The van der Waals surface area contributed by atoms with E-state index < -0.39 is 35.0 Å². The predicted octanol–water partition coefficient (Wildman–Crippen LogP) is 3.26. The van der Waals surface area contributed by atoms with Gasteiger partial charge in [0.1, 0.15) is 11.6 Å². The van der Waals surface area contributed by atoms with Gasteiger partial charge in [-0.3, -0.25) is 14.4 Å². The van der Waals surface area contributed by atoms with Gasteiger partial charge in [0, 0.05) is 30.4 Å². The molecule has 35 heavy (non-hydrogen) atoms. The lowest BCUT2D eigenvalue weighted by Crippen LogP contribution is -2.56. The van der Waals surface area contributed by atoms with Crippen molar-refractivity contribution in [2.45, 2.75) is 62.7 Å². The molecule has 0 radical (unpaired) electrons. The first kappa shape index (κ1) is 25.7. The third-order valence-electron chi connectivity index (χ3n) is 7.80. The summed E-state index contributed by atoms with van der Waals surface area (Å²) >= 11 is 6.05. The van der Waals surface area contributed by atoms with Gasteiger partial charge in [0.05, 0.1) is 17.4 Å². The van der Waals surface area contributed by atoms with Crippen LogP contribution in [0.2, 0.25) is 5.02 Å². The molecule has 190 valence electrons.